The second-order valence-electron chi connectivity index (χ2n) is 5.17. The molecule has 0 aliphatic rings. The summed E-state index contributed by atoms with van der Waals surface area (Å²) in [5.41, 5.74) is 3.03. The Morgan fingerprint density at radius 3 is 2.57 bits per heavy atom. The van der Waals surface area contributed by atoms with Gasteiger partial charge in [-0.3, -0.25) is 4.79 Å². The number of aryl methyl sites for hydroxylation is 2. The molecule has 0 saturated carbocycles. The number of hydrogen-bond donors (Lipinski definition) is 1. The Morgan fingerprint density at radius 1 is 1.26 bits per heavy atom. The van der Waals surface area contributed by atoms with E-state index in [0.717, 1.165) is 16.9 Å². The van der Waals surface area contributed by atoms with E-state index < -0.39 is 0 Å². The monoisotopic (exact) mass is 328 g/mol. The van der Waals surface area contributed by atoms with Crippen LogP contribution in [0.25, 0.3) is 0 Å². The molecule has 0 saturated heterocycles. The smallest absolute Gasteiger partial charge is 0.227 e. The van der Waals surface area contributed by atoms with Gasteiger partial charge in [-0.1, -0.05) is 29.8 Å². The first-order chi connectivity index (χ1) is 11.0. The van der Waals surface area contributed by atoms with Crippen LogP contribution in [0.4, 0.5) is 5.69 Å². The third kappa shape index (κ3) is 4.48. The summed E-state index contributed by atoms with van der Waals surface area (Å²) in [5.74, 6) is 0.652. The van der Waals surface area contributed by atoms with E-state index in [0.29, 0.717) is 22.9 Å². The number of para-hydroxylation sites is 1. The molecule has 5 heteroatoms. The van der Waals surface area contributed by atoms with E-state index in [9.17, 15) is 4.79 Å². The maximum Gasteiger partial charge on any atom is 0.227 e. The molecule has 2 aromatic carbocycles. The number of halogens is 1. The van der Waals surface area contributed by atoms with E-state index in [-0.39, 0.29) is 12.3 Å². The molecule has 0 bridgehead atoms. The molecule has 0 spiro atoms. The second-order valence-corrected chi connectivity index (χ2v) is 5.58. The topological polar surface area (TPSA) is 62.1 Å². The number of rotatable bonds is 5. The van der Waals surface area contributed by atoms with Crippen molar-refractivity contribution in [3.63, 3.8) is 0 Å². The third-order valence-electron chi connectivity index (χ3n) is 3.36. The molecule has 0 radical (unpaired) electrons. The molecule has 118 valence electrons. The van der Waals surface area contributed by atoms with E-state index in [1.54, 1.807) is 18.2 Å². The molecule has 0 aromatic heterocycles. The lowest BCUT2D eigenvalue weighted by molar-refractivity contribution is -0.116. The van der Waals surface area contributed by atoms with Gasteiger partial charge in [0.2, 0.25) is 5.91 Å². The van der Waals surface area contributed by atoms with Gasteiger partial charge in [0.15, 0.2) is 0 Å². The molecular weight excluding hydrogens is 312 g/mol. The van der Waals surface area contributed by atoms with Gasteiger partial charge in [0.05, 0.1) is 23.6 Å². The van der Waals surface area contributed by atoms with E-state index in [1.165, 1.54) is 0 Å². The van der Waals surface area contributed by atoms with Crippen molar-refractivity contribution in [1.29, 1.82) is 5.26 Å². The zero-order chi connectivity index (χ0) is 16.8. The molecular formula is C18H17ClN2O2. The minimum absolute atomic E-state index is 0.169. The fraction of sp³-hybridized carbons (Fsp3) is 0.222. The number of ether oxygens (including phenoxy) is 1. The fourth-order valence-electron chi connectivity index (χ4n) is 2.18. The van der Waals surface area contributed by atoms with Gasteiger partial charge in [0.25, 0.3) is 0 Å². The van der Waals surface area contributed by atoms with Crippen molar-refractivity contribution in [3.8, 4) is 11.8 Å². The van der Waals surface area contributed by atoms with Crippen LogP contribution in [0.2, 0.25) is 5.02 Å². The first-order valence-corrected chi connectivity index (χ1v) is 7.57. The van der Waals surface area contributed by atoms with Crippen molar-refractivity contribution in [3.05, 3.63) is 58.1 Å². The van der Waals surface area contributed by atoms with E-state index >= 15 is 0 Å². The molecule has 2 aromatic rings. The summed E-state index contributed by atoms with van der Waals surface area (Å²) in [7, 11) is 0. The van der Waals surface area contributed by atoms with Crippen LogP contribution in [-0.2, 0) is 4.79 Å². The van der Waals surface area contributed by atoms with Crippen LogP contribution in [-0.4, -0.2) is 12.5 Å². The van der Waals surface area contributed by atoms with E-state index in [4.69, 9.17) is 21.6 Å². The summed E-state index contributed by atoms with van der Waals surface area (Å²) in [6, 6.07) is 12.7. The molecule has 0 atom stereocenters. The number of carbonyl (C=O) groups excluding carboxylic acids is 1. The van der Waals surface area contributed by atoms with Crippen molar-refractivity contribution in [2.45, 2.75) is 20.3 Å². The van der Waals surface area contributed by atoms with Gasteiger partial charge in [-0.05, 0) is 43.2 Å². The van der Waals surface area contributed by atoms with Gasteiger partial charge in [-0.2, -0.15) is 5.26 Å². The molecule has 0 fully saturated rings. The molecule has 0 unspecified atom stereocenters. The lowest BCUT2D eigenvalue weighted by Crippen LogP contribution is -2.15. The molecule has 0 aliphatic heterocycles. The molecule has 1 amide bonds. The lowest BCUT2D eigenvalue weighted by Gasteiger charge is -2.12. The van der Waals surface area contributed by atoms with Crippen molar-refractivity contribution in [2.24, 2.45) is 0 Å². The molecule has 4 nitrogen and oxygen atoms in total. The van der Waals surface area contributed by atoms with Gasteiger partial charge >= 0.3 is 0 Å². The highest BCUT2D eigenvalue weighted by Gasteiger charge is 2.07. The second kappa shape index (κ2) is 7.66. The van der Waals surface area contributed by atoms with Crippen molar-refractivity contribution in [2.75, 3.05) is 11.9 Å². The van der Waals surface area contributed by atoms with Crippen molar-refractivity contribution < 1.29 is 9.53 Å². The van der Waals surface area contributed by atoms with Gasteiger partial charge in [-0.25, -0.2) is 0 Å². The number of nitriles is 1. The summed E-state index contributed by atoms with van der Waals surface area (Å²) in [6.45, 7) is 4.24. The Bertz CT molecular complexity index is 746. The molecule has 0 aliphatic carbocycles. The van der Waals surface area contributed by atoms with Gasteiger partial charge in [0.1, 0.15) is 11.8 Å². The zero-order valence-corrected chi connectivity index (χ0v) is 13.8. The third-order valence-corrected chi connectivity index (χ3v) is 3.67. The zero-order valence-electron chi connectivity index (χ0n) is 13.0. The molecule has 2 rings (SSSR count). The van der Waals surface area contributed by atoms with Crippen LogP contribution >= 0.6 is 11.6 Å². The standard InChI is InChI=1S/C18H17ClN2O2/c1-12-4-3-5-13(2)18(12)23-9-8-17(22)21-15-7-6-14(11-20)16(19)10-15/h3-7,10H,8-9H2,1-2H3,(H,21,22). The predicted octanol–water partition coefficient (Wildman–Crippen LogP) is 4.24. The average Bonchev–Trinajstić information content (AvgIpc) is 2.50. The Labute approximate surface area is 140 Å². The first-order valence-electron chi connectivity index (χ1n) is 7.20. The highest BCUT2D eigenvalue weighted by Crippen LogP contribution is 2.23. The molecule has 1 N–H and O–H groups in total. The maximum absolute atomic E-state index is 11.9. The Morgan fingerprint density at radius 2 is 1.96 bits per heavy atom. The van der Waals surface area contributed by atoms with Crippen molar-refractivity contribution >= 4 is 23.2 Å². The summed E-state index contributed by atoms with van der Waals surface area (Å²) >= 11 is 5.93. The van der Waals surface area contributed by atoms with Gasteiger partial charge in [0, 0.05) is 5.69 Å². The lowest BCUT2D eigenvalue weighted by atomic mass is 10.1. The van der Waals surface area contributed by atoms with Crippen molar-refractivity contribution in [1.82, 2.24) is 0 Å². The normalized spacial score (nSPS) is 10.0. The van der Waals surface area contributed by atoms with E-state index in [2.05, 4.69) is 5.32 Å². The Balaban J connectivity index is 1.88. The SMILES string of the molecule is Cc1cccc(C)c1OCCC(=O)Nc1ccc(C#N)c(Cl)c1. The van der Waals surface area contributed by atoms with Gasteiger partial charge < -0.3 is 10.1 Å². The quantitative estimate of drug-likeness (QED) is 0.893. The molecule has 23 heavy (non-hydrogen) atoms. The number of nitrogens with zero attached hydrogens (tertiary/aromatic N) is 1. The number of hydrogen-bond acceptors (Lipinski definition) is 3. The fourth-order valence-corrected chi connectivity index (χ4v) is 2.40. The first kappa shape index (κ1) is 16.9. The largest absolute Gasteiger partial charge is 0.493 e. The average molecular weight is 329 g/mol. The summed E-state index contributed by atoms with van der Waals surface area (Å²) in [6.07, 6.45) is 0.228. The Kier molecular flexibility index (Phi) is 5.61. The summed E-state index contributed by atoms with van der Waals surface area (Å²) in [5, 5.41) is 11.9. The van der Waals surface area contributed by atoms with Crippen LogP contribution in [0.1, 0.15) is 23.1 Å². The minimum Gasteiger partial charge on any atom is -0.493 e. The number of nitrogens with one attached hydrogen (secondary N) is 1. The van der Waals surface area contributed by atoms with Crippen LogP contribution in [0, 0.1) is 25.2 Å². The maximum atomic E-state index is 11.9. The summed E-state index contributed by atoms with van der Waals surface area (Å²) < 4.78 is 5.71. The van der Waals surface area contributed by atoms with E-state index in [1.807, 2.05) is 38.1 Å². The minimum atomic E-state index is -0.169. The van der Waals surface area contributed by atoms with Gasteiger partial charge in [-0.15, -0.1) is 0 Å². The Hall–Kier alpha value is -2.51. The highest BCUT2D eigenvalue weighted by molar-refractivity contribution is 6.32. The number of benzene rings is 2. The predicted molar refractivity (Wildman–Crippen MR) is 90.8 cm³/mol. The van der Waals surface area contributed by atoms with Crippen LogP contribution in [0.3, 0.4) is 0 Å². The highest BCUT2D eigenvalue weighted by atomic mass is 35.5. The number of carbonyl (C=O) groups is 1. The number of amides is 1. The van der Waals surface area contributed by atoms with Crippen LogP contribution in [0.15, 0.2) is 36.4 Å². The van der Waals surface area contributed by atoms with Crippen LogP contribution in [0.5, 0.6) is 5.75 Å². The summed E-state index contributed by atoms with van der Waals surface area (Å²) in [4.78, 5) is 11.9. The van der Waals surface area contributed by atoms with Crippen LogP contribution < -0.4 is 10.1 Å². The molecule has 0 heterocycles. The number of anilines is 1.